The molecular weight excluding hydrogens is 434 g/mol. The average molecular weight is 464 g/mol. The molecule has 2 atom stereocenters. The predicted octanol–water partition coefficient (Wildman–Crippen LogP) is 2.86. The normalized spacial score (nSPS) is 21.3. The number of sulfonamides is 1. The molecule has 1 aromatic carbocycles. The summed E-state index contributed by atoms with van der Waals surface area (Å²) in [7, 11) is -1.99. The Morgan fingerprint density at radius 1 is 1.16 bits per heavy atom. The summed E-state index contributed by atoms with van der Waals surface area (Å²) in [5.74, 6) is 0.577. The van der Waals surface area contributed by atoms with Gasteiger partial charge in [-0.3, -0.25) is 9.69 Å². The smallest absolute Gasteiger partial charge is 0.253 e. The minimum absolute atomic E-state index is 0.00800. The molecule has 9 heteroatoms. The molecule has 0 bridgehead atoms. The van der Waals surface area contributed by atoms with Crippen LogP contribution in [0.15, 0.2) is 46.0 Å². The van der Waals surface area contributed by atoms with Crippen molar-refractivity contribution in [2.24, 2.45) is 0 Å². The number of thiophene rings is 1. The van der Waals surface area contributed by atoms with Crippen molar-refractivity contribution >= 4 is 27.3 Å². The van der Waals surface area contributed by atoms with E-state index in [0.717, 1.165) is 37.2 Å². The molecular formula is C22H29N3O4S2. The van der Waals surface area contributed by atoms with E-state index in [0.29, 0.717) is 25.9 Å². The Morgan fingerprint density at radius 3 is 2.65 bits per heavy atom. The number of carbonyl (C=O) groups is 1. The third-order valence-corrected chi connectivity index (χ3v) is 9.39. The molecule has 7 nitrogen and oxygen atoms in total. The molecule has 1 aromatic heterocycles. The van der Waals surface area contributed by atoms with Gasteiger partial charge in [-0.25, -0.2) is 8.42 Å². The largest absolute Gasteiger partial charge is 0.496 e. The van der Waals surface area contributed by atoms with Gasteiger partial charge in [-0.05, 0) is 56.3 Å². The lowest BCUT2D eigenvalue weighted by atomic mass is 10.0. The van der Waals surface area contributed by atoms with Crippen molar-refractivity contribution in [3.05, 3.63) is 47.3 Å². The SMILES string of the molecule is COc1ccccc1C(CNC(=O)C1CCCN1S(=O)(=O)c1cccs1)N1CCCC1. The fraction of sp³-hybridized carbons (Fsp3) is 0.500. The number of benzene rings is 1. The lowest BCUT2D eigenvalue weighted by Gasteiger charge is -2.30. The maximum absolute atomic E-state index is 13.1. The number of likely N-dealkylation sites (tertiary alicyclic amines) is 1. The average Bonchev–Trinajstić information content (AvgIpc) is 3.56. The molecule has 0 radical (unpaired) electrons. The topological polar surface area (TPSA) is 79.0 Å². The van der Waals surface area contributed by atoms with Crippen LogP contribution in [-0.2, 0) is 14.8 Å². The number of ether oxygens (including phenoxy) is 1. The first-order valence-corrected chi connectivity index (χ1v) is 13.0. The van der Waals surface area contributed by atoms with E-state index in [1.54, 1.807) is 24.6 Å². The Bertz CT molecular complexity index is 988. The van der Waals surface area contributed by atoms with Crippen molar-refractivity contribution in [2.75, 3.05) is 33.3 Å². The molecule has 2 unspecified atom stereocenters. The van der Waals surface area contributed by atoms with Crippen LogP contribution in [0.4, 0.5) is 0 Å². The van der Waals surface area contributed by atoms with E-state index in [4.69, 9.17) is 4.74 Å². The number of amides is 1. The van der Waals surface area contributed by atoms with Crippen LogP contribution in [0.2, 0.25) is 0 Å². The minimum Gasteiger partial charge on any atom is -0.496 e. The fourth-order valence-electron chi connectivity index (χ4n) is 4.56. The Morgan fingerprint density at radius 2 is 1.94 bits per heavy atom. The van der Waals surface area contributed by atoms with E-state index in [9.17, 15) is 13.2 Å². The third-order valence-electron chi connectivity index (χ3n) is 6.11. The molecule has 31 heavy (non-hydrogen) atoms. The van der Waals surface area contributed by atoms with Gasteiger partial charge in [0, 0.05) is 18.7 Å². The van der Waals surface area contributed by atoms with Gasteiger partial charge in [-0.15, -0.1) is 11.3 Å². The van der Waals surface area contributed by atoms with Crippen LogP contribution in [0, 0.1) is 0 Å². The van der Waals surface area contributed by atoms with Gasteiger partial charge in [0.15, 0.2) is 0 Å². The molecule has 1 N–H and O–H groups in total. The van der Waals surface area contributed by atoms with Crippen LogP contribution >= 0.6 is 11.3 Å². The Kier molecular flexibility index (Phi) is 6.95. The van der Waals surface area contributed by atoms with Gasteiger partial charge in [-0.1, -0.05) is 24.3 Å². The summed E-state index contributed by atoms with van der Waals surface area (Å²) in [5.41, 5.74) is 1.04. The van der Waals surface area contributed by atoms with Crippen molar-refractivity contribution in [1.82, 2.24) is 14.5 Å². The highest BCUT2D eigenvalue weighted by molar-refractivity contribution is 7.91. The van der Waals surface area contributed by atoms with Crippen LogP contribution in [0.25, 0.3) is 0 Å². The summed E-state index contributed by atoms with van der Waals surface area (Å²) < 4.78 is 33.2. The van der Waals surface area contributed by atoms with Crippen molar-refractivity contribution in [3.8, 4) is 5.75 Å². The van der Waals surface area contributed by atoms with Crippen molar-refractivity contribution < 1.29 is 17.9 Å². The fourth-order valence-corrected chi connectivity index (χ4v) is 7.34. The number of methoxy groups -OCH3 is 1. The molecule has 0 aliphatic carbocycles. The van der Waals surface area contributed by atoms with E-state index in [2.05, 4.69) is 10.2 Å². The second-order valence-corrected chi connectivity index (χ2v) is 11.0. The molecule has 0 saturated carbocycles. The highest BCUT2D eigenvalue weighted by Gasteiger charge is 2.40. The van der Waals surface area contributed by atoms with E-state index >= 15 is 0 Å². The number of para-hydroxylation sites is 1. The van der Waals surface area contributed by atoms with E-state index < -0.39 is 16.1 Å². The van der Waals surface area contributed by atoms with Crippen LogP contribution in [0.1, 0.15) is 37.3 Å². The first kappa shape index (κ1) is 22.3. The molecule has 168 valence electrons. The van der Waals surface area contributed by atoms with Crippen LogP contribution in [0.5, 0.6) is 5.75 Å². The Labute approximate surface area is 188 Å². The van der Waals surface area contributed by atoms with Crippen molar-refractivity contribution in [2.45, 2.75) is 42.0 Å². The Hall–Kier alpha value is -1.94. The lowest BCUT2D eigenvalue weighted by Crippen LogP contribution is -2.47. The zero-order valence-electron chi connectivity index (χ0n) is 17.7. The monoisotopic (exact) mass is 463 g/mol. The number of hydrogen-bond donors (Lipinski definition) is 1. The molecule has 0 spiro atoms. The maximum Gasteiger partial charge on any atom is 0.253 e. The molecule has 2 aliphatic rings. The van der Waals surface area contributed by atoms with Crippen molar-refractivity contribution in [3.63, 3.8) is 0 Å². The van der Waals surface area contributed by atoms with E-state index in [1.807, 2.05) is 24.3 Å². The van der Waals surface area contributed by atoms with Gasteiger partial charge < -0.3 is 10.1 Å². The highest BCUT2D eigenvalue weighted by atomic mass is 32.2. The quantitative estimate of drug-likeness (QED) is 0.651. The number of nitrogens with zero attached hydrogens (tertiary/aromatic N) is 2. The first-order chi connectivity index (χ1) is 15.0. The van der Waals surface area contributed by atoms with Crippen LogP contribution < -0.4 is 10.1 Å². The second-order valence-electron chi connectivity index (χ2n) is 7.95. The summed E-state index contributed by atoms with van der Waals surface area (Å²) in [6, 6.07) is 10.5. The molecule has 2 fully saturated rings. The molecule has 2 saturated heterocycles. The first-order valence-electron chi connectivity index (χ1n) is 10.7. The minimum atomic E-state index is -3.65. The zero-order valence-corrected chi connectivity index (χ0v) is 19.3. The van der Waals surface area contributed by atoms with E-state index in [1.165, 1.54) is 15.6 Å². The highest BCUT2D eigenvalue weighted by Crippen LogP contribution is 2.32. The zero-order chi connectivity index (χ0) is 21.8. The summed E-state index contributed by atoms with van der Waals surface area (Å²) in [4.78, 5) is 15.5. The summed E-state index contributed by atoms with van der Waals surface area (Å²) in [6.45, 7) is 2.74. The number of hydrogen-bond acceptors (Lipinski definition) is 6. The lowest BCUT2D eigenvalue weighted by molar-refractivity contribution is -0.124. The van der Waals surface area contributed by atoms with Gasteiger partial charge in [0.05, 0.1) is 13.2 Å². The predicted molar refractivity (Wildman–Crippen MR) is 121 cm³/mol. The summed E-state index contributed by atoms with van der Waals surface area (Å²) >= 11 is 1.18. The van der Waals surface area contributed by atoms with Crippen LogP contribution in [-0.4, -0.2) is 62.9 Å². The standard InChI is InChI=1S/C22H29N3O4S2/c1-29-20-10-3-2-8-17(20)19(24-12-4-5-13-24)16-23-22(26)18-9-6-14-25(18)31(27,28)21-11-7-15-30-21/h2-3,7-8,10-11,15,18-19H,4-6,9,12-14,16H2,1H3,(H,23,26). The number of carbonyl (C=O) groups excluding carboxylic acids is 1. The van der Waals surface area contributed by atoms with Gasteiger partial charge in [0.2, 0.25) is 5.91 Å². The van der Waals surface area contributed by atoms with Gasteiger partial charge >= 0.3 is 0 Å². The molecule has 1 amide bonds. The molecule has 4 rings (SSSR count). The molecule has 2 aliphatic heterocycles. The van der Waals surface area contributed by atoms with Gasteiger partial charge in [0.1, 0.15) is 16.0 Å². The van der Waals surface area contributed by atoms with Gasteiger partial charge in [0.25, 0.3) is 10.0 Å². The number of rotatable bonds is 8. The van der Waals surface area contributed by atoms with E-state index in [-0.39, 0.29) is 16.2 Å². The Balaban J connectivity index is 1.50. The summed E-state index contributed by atoms with van der Waals surface area (Å²) in [5, 5.41) is 4.80. The van der Waals surface area contributed by atoms with Crippen LogP contribution in [0.3, 0.4) is 0 Å². The third kappa shape index (κ3) is 4.64. The van der Waals surface area contributed by atoms with Crippen molar-refractivity contribution in [1.29, 1.82) is 0 Å². The number of nitrogens with one attached hydrogen (secondary N) is 1. The second kappa shape index (κ2) is 9.68. The molecule has 3 heterocycles. The molecule has 2 aromatic rings. The van der Waals surface area contributed by atoms with Gasteiger partial charge in [-0.2, -0.15) is 4.31 Å². The maximum atomic E-state index is 13.1. The summed E-state index contributed by atoms with van der Waals surface area (Å²) in [6.07, 6.45) is 3.49.